The van der Waals surface area contributed by atoms with Gasteiger partial charge >= 0.3 is 0 Å². The summed E-state index contributed by atoms with van der Waals surface area (Å²) in [6.07, 6.45) is 0.203. The second-order valence-corrected chi connectivity index (χ2v) is 10.7. The van der Waals surface area contributed by atoms with Gasteiger partial charge in [-0.2, -0.15) is 5.26 Å². The van der Waals surface area contributed by atoms with Crippen LogP contribution in [0.4, 0.5) is 17.6 Å². The van der Waals surface area contributed by atoms with Crippen LogP contribution in [0, 0.1) is 40.7 Å². The minimum absolute atomic E-state index is 0.0460. The SMILES string of the molecule is N#C[C@@H](C[C@H]1CCCNC1=O)NC(=O)[C@@H]1[C@@H]2CC(F)(F)C[C@@H]2CN1C(=O)c1cc2c(F)cc(F)c(Cl)c2[nH]1. The number of piperidine rings is 1. The number of benzene rings is 1. The molecule has 13 heteroatoms. The zero-order chi connectivity index (χ0) is 27.4. The summed E-state index contributed by atoms with van der Waals surface area (Å²) >= 11 is 5.92. The highest BCUT2D eigenvalue weighted by molar-refractivity contribution is 6.35. The van der Waals surface area contributed by atoms with Gasteiger partial charge in [-0.1, -0.05) is 11.6 Å². The molecule has 38 heavy (non-hydrogen) atoms. The van der Waals surface area contributed by atoms with Gasteiger partial charge in [0, 0.05) is 43.3 Å². The number of likely N-dealkylation sites (tertiary alicyclic amines) is 1. The van der Waals surface area contributed by atoms with Crippen molar-refractivity contribution in [3.05, 3.63) is 34.5 Å². The molecule has 2 saturated heterocycles. The molecule has 3 amide bonds. The molecule has 2 aliphatic heterocycles. The van der Waals surface area contributed by atoms with Gasteiger partial charge in [0.1, 0.15) is 34.4 Å². The minimum atomic E-state index is -3.01. The molecule has 0 spiro atoms. The van der Waals surface area contributed by atoms with Gasteiger partial charge < -0.3 is 20.5 Å². The number of hydrogen-bond acceptors (Lipinski definition) is 4. The van der Waals surface area contributed by atoms with Crippen LogP contribution in [-0.4, -0.2) is 58.7 Å². The fourth-order valence-electron chi connectivity index (χ4n) is 6.05. The molecule has 0 bridgehead atoms. The van der Waals surface area contributed by atoms with Gasteiger partial charge in [-0.15, -0.1) is 0 Å². The molecule has 202 valence electrons. The molecule has 3 heterocycles. The minimum Gasteiger partial charge on any atom is -0.356 e. The van der Waals surface area contributed by atoms with Crippen molar-refractivity contribution in [1.82, 2.24) is 20.5 Å². The summed E-state index contributed by atoms with van der Waals surface area (Å²) in [6, 6.07) is 1.28. The molecular weight excluding hydrogens is 530 g/mol. The van der Waals surface area contributed by atoms with Crippen LogP contribution in [0.15, 0.2) is 12.1 Å². The van der Waals surface area contributed by atoms with E-state index >= 15 is 0 Å². The average Bonchev–Trinajstić information content (AvgIpc) is 3.53. The van der Waals surface area contributed by atoms with E-state index in [0.29, 0.717) is 19.0 Å². The molecule has 2 aromatic rings. The van der Waals surface area contributed by atoms with Gasteiger partial charge in [-0.05, 0) is 37.2 Å². The van der Waals surface area contributed by atoms with E-state index < -0.39 is 77.1 Å². The van der Waals surface area contributed by atoms with Gasteiger partial charge in [0.05, 0.1) is 11.6 Å². The monoisotopic (exact) mass is 553 g/mol. The molecule has 3 aliphatic rings. The van der Waals surface area contributed by atoms with Crippen LogP contribution in [0.3, 0.4) is 0 Å². The zero-order valence-electron chi connectivity index (χ0n) is 20.0. The lowest BCUT2D eigenvalue weighted by Crippen LogP contribution is -2.52. The molecule has 0 radical (unpaired) electrons. The molecule has 8 nitrogen and oxygen atoms in total. The first kappa shape index (κ1) is 26.3. The van der Waals surface area contributed by atoms with Gasteiger partial charge in [-0.25, -0.2) is 17.6 Å². The van der Waals surface area contributed by atoms with Crippen LogP contribution in [0.2, 0.25) is 5.02 Å². The Morgan fingerprint density at radius 1 is 1.26 bits per heavy atom. The van der Waals surface area contributed by atoms with Crippen LogP contribution >= 0.6 is 11.6 Å². The van der Waals surface area contributed by atoms with E-state index in [-0.39, 0.29) is 35.5 Å². The van der Waals surface area contributed by atoms with E-state index in [0.717, 1.165) is 17.4 Å². The maximum atomic E-state index is 14.3. The van der Waals surface area contributed by atoms with E-state index in [2.05, 4.69) is 15.6 Å². The summed E-state index contributed by atoms with van der Waals surface area (Å²) in [5.41, 5.74) is -0.332. The molecule has 5 atom stereocenters. The van der Waals surface area contributed by atoms with Crippen molar-refractivity contribution in [2.24, 2.45) is 17.8 Å². The lowest BCUT2D eigenvalue weighted by atomic mass is 9.90. The number of carbonyl (C=O) groups excluding carboxylic acids is 3. The highest BCUT2D eigenvalue weighted by Crippen LogP contribution is 2.50. The number of halogens is 5. The van der Waals surface area contributed by atoms with Crippen LogP contribution in [0.5, 0.6) is 0 Å². The number of rotatable bonds is 5. The van der Waals surface area contributed by atoms with Crippen molar-refractivity contribution >= 4 is 40.2 Å². The Bertz CT molecular complexity index is 1360. The maximum Gasteiger partial charge on any atom is 0.271 e. The van der Waals surface area contributed by atoms with E-state index in [4.69, 9.17) is 11.6 Å². The zero-order valence-corrected chi connectivity index (χ0v) is 20.8. The van der Waals surface area contributed by atoms with Crippen molar-refractivity contribution < 1.29 is 31.9 Å². The molecular formula is C25H24ClF4N5O3. The Labute approximate surface area is 219 Å². The number of fused-ring (bicyclic) bond motifs is 2. The first-order valence-electron chi connectivity index (χ1n) is 12.3. The first-order chi connectivity index (χ1) is 18.0. The van der Waals surface area contributed by atoms with E-state index in [1.165, 1.54) is 0 Å². The number of hydrogen-bond donors (Lipinski definition) is 3. The van der Waals surface area contributed by atoms with Crippen LogP contribution in [0.1, 0.15) is 42.6 Å². The maximum absolute atomic E-state index is 14.3. The summed E-state index contributed by atoms with van der Waals surface area (Å²) in [5, 5.41) is 14.3. The summed E-state index contributed by atoms with van der Waals surface area (Å²) in [7, 11) is 0. The fraction of sp³-hybridized carbons (Fsp3) is 0.520. The number of nitriles is 1. The highest BCUT2D eigenvalue weighted by atomic mass is 35.5. The molecule has 5 rings (SSSR count). The Hall–Kier alpha value is -3.33. The normalized spacial score (nSPS) is 27.1. The quantitative estimate of drug-likeness (QED) is 0.388. The smallest absolute Gasteiger partial charge is 0.271 e. The number of amides is 3. The Balaban J connectivity index is 1.41. The summed E-state index contributed by atoms with van der Waals surface area (Å²) < 4.78 is 56.8. The number of carbonyl (C=O) groups is 3. The van der Waals surface area contributed by atoms with Crippen molar-refractivity contribution in [3.63, 3.8) is 0 Å². The fourth-order valence-corrected chi connectivity index (χ4v) is 6.25. The number of nitrogens with one attached hydrogen (secondary N) is 3. The summed E-state index contributed by atoms with van der Waals surface area (Å²) in [5.74, 6) is -8.77. The summed E-state index contributed by atoms with van der Waals surface area (Å²) in [6.45, 7) is 0.379. The average molecular weight is 554 g/mol. The molecule has 1 aromatic carbocycles. The van der Waals surface area contributed by atoms with Crippen LogP contribution in [0.25, 0.3) is 10.9 Å². The number of H-pyrrole nitrogens is 1. The van der Waals surface area contributed by atoms with E-state index in [1.54, 1.807) is 0 Å². The largest absolute Gasteiger partial charge is 0.356 e. The van der Waals surface area contributed by atoms with Crippen LogP contribution < -0.4 is 10.6 Å². The molecule has 3 fully saturated rings. The Morgan fingerprint density at radius 2 is 2.03 bits per heavy atom. The molecule has 3 N–H and O–H groups in total. The number of alkyl halides is 2. The Morgan fingerprint density at radius 3 is 2.74 bits per heavy atom. The standard InChI is InChI=1S/C25H24ClF4N5O3/c26-19-17(28)6-16(27)14-5-18(34-20(14)19)24(38)35-10-12-7-25(29,30)8-15(12)21(35)23(37)33-13(9-31)4-11-2-1-3-32-22(11)36/h5-6,11-13,15,21,34H,1-4,7-8,10H2,(H,32,36)(H,33,37)/t11-,12-,13-,15-,21+/m1/s1. The van der Waals surface area contributed by atoms with Crippen molar-refractivity contribution in [2.75, 3.05) is 13.1 Å². The molecule has 1 aliphatic carbocycles. The molecule has 1 aromatic heterocycles. The third-order valence-corrected chi connectivity index (χ3v) is 8.15. The lowest BCUT2D eigenvalue weighted by Gasteiger charge is -2.29. The lowest BCUT2D eigenvalue weighted by molar-refractivity contribution is -0.129. The Kier molecular flexibility index (Phi) is 6.75. The van der Waals surface area contributed by atoms with Crippen LogP contribution in [-0.2, 0) is 9.59 Å². The second kappa shape index (κ2) is 9.76. The topological polar surface area (TPSA) is 118 Å². The number of aromatic nitrogens is 1. The predicted octanol–water partition coefficient (Wildman–Crippen LogP) is 3.51. The van der Waals surface area contributed by atoms with Gasteiger partial charge in [0.2, 0.25) is 17.7 Å². The highest BCUT2D eigenvalue weighted by Gasteiger charge is 2.58. The van der Waals surface area contributed by atoms with Gasteiger partial charge in [0.15, 0.2) is 0 Å². The van der Waals surface area contributed by atoms with E-state index in [9.17, 15) is 37.2 Å². The van der Waals surface area contributed by atoms with Crippen molar-refractivity contribution in [2.45, 2.75) is 50.1 Å². The third kappa shape index (κ3) is 4.68. The predicted molar refractivity (Wildman–Crippen MR) is 127 cm³/mol. The van der Waals surface area contributed by atoms with Crippen molar-refractivity contribution in [1.29, 1.82) is 5.26 Å². The van der Waals surface area contributed by atoms with Gasteiger partial charge in [0.25, 0.3) is 5.91 Å². The van der Waals surface area contributed by atoms with Gasteiger partial charge in [-0.3, -0.25) is 14.4 Å². The molecule has 0 unspecified atom stereocenters. The molecule has 1 saturated carbocycles. The third-order valence-electron chi connectivity index (χ3n) is 7.78. The number of aromatic amines is 1. The van der Waals surface area contributed by atoms with Crippen molar-refractivity contribution in [3.8, 4) is 6.07 Å². The first-order valence-corrected chi connectivity index (χ1v) is 12.7. The van der Waals surface area contributed by atoms with E-state index in [1.807, 2.05) is 6.07 Å². The summed E-state index contributed by atoms with van der Waals surface area (Å²) in [4.78, 5) is 42.8. The number of nitrogens with zero attached hydrogens (tertiary/aromatic N) is 2. The second-order valence-electron chi connectivity index (χ2n) is 10.3.